The van der Waals surface area contributed by atoms with Crippen LogP contribution in [0.1, 0.15) is 24.8 Å². The van der Waals surface area contributed by atoms with E-state index in [2.05, 4.69) is 15.6 Å². The van der Waals surface area contributed by atoms with E-state index in [4.69, 9.17) is 18.9 Å². The molecule has 1 aromatic rings. The molecule has 152 valence electrons. The summed E-state index contributed by atoms with van der Waals surface area (Å²) in [5, 5.41) is 6.64. The number of guanidine groups is 1. The molecule has 0 aromatic heterocycles. The van der Waals surface area contributed by atoms with Gasteiger partial charge in [0.25, 0.3) is 0 Å². The smallest absolute Gasteiger partial charge is 0.191 e. The van der Waals surface area contributed by atoms with Crippen LogP contribution in [0.4, 0.5) is 0 Å². The van der Waals surface area contributed by atoms with Crippen molar-refractivity contribution in [1.29, 1.82) is 0 Å². The summed E-state index contributed by atoms with van der Waals surface area (Å²) < 4.78 is 22.7. The van der Waals surface area contributed by atoms with E-state index in [9.17, 15) is 0 Å². The molecule has 0 radical (unpaired) electrons. The molecular weight excluding hydrogens is 461 g/mol. The Labute approximate surface area is 178 Å². The van der Waals surface area contributed by atoms with Crippen LogP contribution in [0.5, 0.6) is 11.5 Å². The van der Waals surface area contributed by atoms with Crippen LogP contribution in [-0.4, -0.2) is 58.7 Å². The van der Waals surface area contributed by atoms with E-state index in [1.807, 2.05) is 18.2 Å². The summed E-state index contributed by atoms with van der Waals surface area (Å²) in [6, 6.07) is 5.99. The lowest BCUT2D eigenvalue weighted by atomic mass is 10.2. The molecule has 0 amide bonds. The van der Waals surface area contributed by atoms with Gasteiger partial charge in [-0.1, -0.05) is 12.1 Å². The molecular formula is C19H30IN3O4. The van der Waals surface area contributed by atoms with Gasteiger partial charge in [0, 0.05) is 45.3 Å². The van der Waals surface area contributed by atoms with Crippen LogP contribution < -0.4 is 20.1 Å². The first kappa shape index (κ1) is 22.0. The first-order valence-corrected chi connectivity index (χ1v) is 9.38. The zero-order valence-corrected chi connectivity index (χ0v) is 18.2. The maximum absolute atomic E-state index is 5.86. The fourth-order valence-corrected chi connectivity index (χ4v) is 2.97. The number of hydrogen-bond acceptors (Lipinski definition) is 5. The molecule has 1 unspecified atom stereocenters. The van der Waals surface area contributed by atoms with Crippen molar-refractivity contribution in [2.75, 3.05) is 46.6 Å². The summed E-state index contributed by atoms with van der Waals surface area (Å²) in [4.78, 5) is 4.27. The van der Waals surface area contributed by atoms with Crippen LogP contribution in [0.15, 0.2) is 23.2 Å². The van der Waals surface area contributed by atoms with Gasteiger partial charge in [-0.05, 0) is 18.9 Å². The monoisotopic (exact) mass is 491 g/mol. The lowest BCUT2D eigenvalue weighted by molar-refractivity contribution is 0.0420. The minimum Gasteiger partial charge on any atom is -0.490 e. The third-order valence-electron chi connectivity index (χ3n) is 4.38. The molecule has 0 saturated carbocycles. The molecule has 0 spiro atoms. The highest BCUT2D eigenvalue weighted by molar-refractivity contribution is 14.0. The second-order valence-corrected chi connectivity index (χ2v) is 6.36. The summed E-state index contributed by atoms with van der Waals surface area (Å²) in [5.74, 6) is 2.42. The van der Waals surface area contributed by atoms with Crippen molar-refractivity contribution in [2.24, 2.45) is 4.99 Å². The number of aliphatic imine (C=N–C) groups is 1. The maximum Gasteiger partial charge on any atom is 0.191 e. The number of nitrogens with zero attached hydrogens (tertiary/aromatic N) is 1. The lowest BCUT2D eigenvalue weighted by Gasteiger charge is -2.15. The predicted octanol–water partition coefficient (Wildman–Crippen LogP) is 2.33. The maximum atomic E-state index is 5.86. The van der Waals surface area contributed by atoms with Crippen LogP contribution in [0.25, 0.3) is 0 Å². The average Bonchev–Trinajstić information content (AvgIpc) is 3.06. The van der Waals surface area contributed by atoms with E-state index in [0.717, 1.165) is 68.6 Å². The largest absolute Gasteiger partial charge is 0.490 e. The Balaban J connectivity index is 0.00000261. The first-order chi connectivity index (χ1) is 12.9. The number of benzene rings is 1. The minimum absolute atomic E-state index is 0. The number of para-hydroxylation sites is 1. The second-order valence-electron chi connectivity index (χ2n) is 6.36. The molecule has 1 fully saturated rings. The molecule has 0 aliphatic carbocycles. The second kappa shape index (κ2) is 12.2. The molecule has 1 saturated heterocycles. The van der Waals surface area contributed by atoms with Crippen LogP contribution in [0.3, 0.4) is 0 Å². The van der Waals surface area contributed by atoms with Gasteiger partial charge in [0.2, 0.25) is 0 Å². The normalized spacial score (nSPS) is 19.1. The molecule has 2 N–H and O–H groups in total. The van der Waals surface area contributed by atoms with E-state index in [1.54, 1.807) is 7.05 Å². The topological polar surface area (TPSA) is 73.3 Å². The number of nitrogens with one attached hydrogen (secondary N) is 2. The highest BCUT2D eigenvalue weighted by atomic mass is 127. The molecule has 27 heavy (non-hydrogen) atoms. The summed E-state index contributed by atoms with van der Waals surface area (Å²) in [7, 11) is 1.77. The zero-order valence-electron chi connectivity index (χ0n) is 15.9. The SMILES string of the molecule is CN=C(NCCCOC1CCOC1)NCc1cccc2c1OCCCO2.I. The quantitative estimate of drug-likeness (QED) is 0.264. The first-order valence-electron chi connectivity index (χ1n) is 9.38. The Hall–Kier alpha value is -1.26. The van der Waals surface area contributed by atoms with Crippen LogP contribution in [0, 0.1) is 0 Å². The van der Waals surface area contributed by atoms with Gasteiger partial charge in [0.05, 0.1) is 25.9 Å². The zero-order chi connectivity index (χ0) is 18.0. The standard InChI is InChI=1S/C19H29N3O4.HI/c1-20-19(21-8-3-9-24-16-7-12-23-14-16)22-13-15-5-2-6-17-18(15)26-11-4-10-25-17;/h2,5-6,16H,3-4,7-14H2,1H3,(H2,20,21,22);1H. The molecule has 7 nitrogen and oxygen atoms in total. The lowest BCUT2D eigenvalue weighted by Crippen LogP contribution is -2.37. The van der Waals surface area contributed by atoms with Crippen molar-refractivity contribution in [3.05, 3.63) is 23.8 Å². The summed E-state index contributed by atoms with van der Waals surface area (Å²) >= 11 is 0. The molecule has 0 bridgehead atoms. The number of fused-ring (bicyclic) bond motifs is 1. The third-order valence-corrected chi connectivity index (χ3v) is 4.38. The van der Waals surface area contributed by atoms with Crippen molar-refractivity contribution in [3.63, 3.8) is 0 Å². The van der Waals surface area contributed by atoms with Gasteiger partial charge in [0.1, 0.15) is 0 Å². The summed E-state index contributed by atoms with van der Waals surface area (Å²) in [5.41, 5.74) is 1.07. The van der Waals surface area contributed by atoms with Crippen molar-refractivity contribution < 1.29 is 18.9 Å². The van der Waals surface area contributed by atoms with Gasteiger partial charge in [-0.2, -0.15) is 0 Å². The number of halogens is 1. The van der Waals surface area contributed by atoms with Crippen molar-refractivity contribution >= 4 is 29.9 Å². The summed E-state index contributed by atoms with van der Waals surface area (Å²) in [6.45, 7) is 5.09. The molecule has 1 atom stereocenters. The van der Waals surface area contributed by atoms with Crippen molar-refractivity contribution in [3.8, 4) is 11.5 Å². The minimum atomic E-state index is 0. The van der Waals surface area contributed by atoms with E-state index in [1.165, 1.54) is 0 Å². The third kappa shape index (κ3) is 7.00. The van der Waals surface area contributed by atoms with Crippen LogP contribution in [-0.2, 0) is 16.0 Å². The molecule has 2 aliphatic rings. The van der Waals surface area contributed by atoms with Crippen LogP contribution >= 0.6 is 24.0 Å². The van der Waals surface area contributed by atoms with Gasteiger partial charge in [-0.15, -0.1) is 24.0 Å². The van der Waals surface area contributed by atoms with Gasteiger partial charge in [-0.3, -0.25) is 4.99 Å². The Morgan fingerprint density at radius 1 is 1.22 bits per heavy atom. The number of ether oxygens (including phenoxy) is 4. The molecule has 3 rings (SSSR count). The summed E-state index contributed by atoms with van der Waals surface area (Å²) in [6.07, 6.45) is 3.10. The fraction of sp³-hybridized carbons (Fsp3) is 0.632. The Morgan fingerprint density at radius 2 is 2.11 bits per heavy atom. The van der Waals surface area contributed by atoms with Gasteiger partial charge < -0.3 is 29.6 Å². The van der Waals surface area contributed by atoms with E-state index in [0.29, 0.717) is 19.8 Å². The molecule has 2 aliphatic heterocycles. The van der Waals surface area contributed by atoms with E-state index < -0.39 is 0 Å². The van der Waals surface area contributed by atoms with Crippen molar-refractivity contribution in [2.45, 2.75) is 31.9 Å². The Bertz CT molecular complexity index is 594. The Kier molecular flexibility index (Phi) is 10.00. The number of hydrogen-bond donors (Lipinski definition) is 2. The molecule has 8 heteroatoms. The molecule has 2 heterocycles. The van der Waals surface area contributed by atoms with Crippen LogP contribution in [0.2, 0.25) is 0 Å². The van der Waals surface area contributed by atoms with Gasteiger partial charge in [0.15, 0.2) is 17.5 Å². The van der Waals surface area contributed by atoms with Gasteiger partial charge >= 0.3 is 0 Å². The number of rotatable bonds is 7. The highest BCUT2D eigenvalue weighted by Gasteiger charge is 2.16. The van der Waals surface area contributed by atoms with Crippen molar-refractivity contribution in [1.82, 2.24) is 10.6 Å². The predicted molar refractivity (Wildman–Crippen MR) is 115 cm³/mol. The average molecular weight is 491 g/mol. The highest BCUT2D eigenvalue weighted by Crippen LogP contribution is 2.33. The van der Waals surface area contributed by atoms with E-state index in [-0.39, 0.29) is 30.1 Å². The fourth-order valence-electron chi connectivity index (χ4n) is 2.97. The van der Waals surface area contributed by atoms with E-state index >= 15 is 0 Å². The Morgan fingerprint density at radius 3 is 2.93 bits per heavy atom. The van der Waals surface area contributed by atoms with Gasteiger partial charge in [-0.25, -0.2) is 0 Å². The molecule has 1 aromatic carbocycles.